The van der Waals surface area contributed by atoms with E-state index >= 15 is 0 Å². The number of nitrogens with zero attached hydrogens (tertiary/aromatic N) is 1. The summed E-state index contributed by atoms with van der Waals surface area (Å²) in [6.45, 7) is 1.07. The third kappa shape index (κ3) is 4.08. The first kappa shape index (κ1) is 12.8. The van der Waals surface area contributed by atoms with E-state index in [9.17, 15) is 4.79 Å². The minimum atomic E-state index is -0.167. The molecule has 5 heteroatoms. The van der Waals surface area contributed by atoms with Gasteiger partial charge in [0.15, 0.2) is 0 Å². The molecule has 0 saturated heterocycles. The van der Waals surface area contributed by atoms with Crippen molar-refractivity contribution in [3.05, 3.63) is 29.3 Å². The summed E-state index contributed by atoms with van der Waals surface area (Å²) in [5, 5.41) is 3.39. The predicted octanol–water partition coefficient (Wildman–Crippen LogP) is 2.45. The van der Waals surface area contributed by atoms with Crippen LogP contribution < -0.4 is 5.32 Å². The molecule has 0 unspecified atom stereocenters. The van der Waals surface area contributed by atoms with Gasteiger partial charge in [0.05, 0.1) is 6.61 Å². The van der Waals surface area contributed by atoms with Gasteiger partial charge in [-0.2, -0.15) is 0 Å². The molecule has 0 saturated carbocycles. The van der Waals surface area contributed by atoms with Crippen molar-refractivity contribution in [1.29, 1.82) is 0 Å². The van der Waals surface area contributed by atoms with E-state index in [1.165, 1.54) is 0 Å². The number of carbonyl (C=O) groups is 1. The summed E-state index contributed by atoms with van der Waals surface area (Å²) in [6.07, 6.45) is 0. The predicted molar refractivity (Wildman–Crippen MR) is 65.0 cm³/mol. The fraction of sp³-hybridized carbons (Fsp3) is 0.364. The van der Waals surface area contributed by atoms with Gasteiger partial charge in [0.2, 0.25) is 0 Å². The number of amides is 2. The molecule has 0 bridgehead atoms. The van der Waals surface area contributed by atoms with Gasteiger partial charge in [-0.15, -0.1) is 0 Å². The molecular weight excluding hydrogens is 228 g/mol. The summed E-state index contributed by atoms with van der Waals surface area (Å²) in [5.41, 5.74) is 0.721. The highest BCUT2D eigenvalue weighted by molar-refractivity contribution is 6.30. The van der Waals surface area contributed by atoms with Crippen molar-refractivity contribution in [3.8, 4) is 0 Å². The van der Waals surface area contributed by atoms with Crippen molar-refractivity contribution in [1.82, 2.24) is 4.90 Å². The van der Waals surface area contributed by atoms with Gasteiger partial charge in [-0.1, -0.05) is 11.6 Å². The standard InChI is InChI=1S/C11H15ClN2O2/c1-14(7-8-16-2)11(15)13-10-5-3-9(12)4-6-10/h3-6H,7-8H2,1-2H3,(H,13,15). The molecule has 0 heterocycles. The van der Waals surface area contributed by atoms with Crippen LogP contribution in [0.2, 0.25) is 5.02 Å². The zero-order valence-electron chi connectivity index (χ0n) is 9.37. The van der Waals surface area contributed by atoms with Crippen molar-refractivity contribution in [2.75, 3.05) is 32.6 Å². The van der Waals surface area contributed by atoms with E-state index in [1.807, 2.05) is 0 Å². The van der Waals surface area contributed by atoms with Crippen LogP contribution in [0.5, 0.6) is 0 Å². The van der Waals surface area contributed by atoms with Crippen LogP contribution in [0, 0.1) is 0 Å². The van der Waals surface area contributed by atoms with Gasteiger partial charge in [-0.3, -0.25) is 0 Å². The molecule has 16 heavy (non-hydrogen) atoms. The summed E-state index contributed by atoms with van der Waals surface area (Å²) >= 11 is 5.74. The Labute approximate surface area is 100 Å². The first-order chi connectivity index (χ1) is 7.63. The van der Waals surface area contributed by atoms with Gasteiger partial charge in [-0.25, -0.2) is 4.79 Å². The summed E-state index contributed by atoms with van der Waals surface area (Å²) in [7, 11) is 3.31. The molecule has 0 aliphatic rings. The molecule has 0 aromatic heterocycles. The molecule has 0 aliphatic carbocycles. The van der Waals surface area contributed by atoms with Crippen LogP contribution in [0.15, 0.2) is 24.3 Å². The first-order valence-electron chi connectivity index (χ1n) is 4.90. The molecule has 1 N–H and O–H groups in total. The average Bonchev–Trinajstić information content (AvgIpc) is 2.29. The number of urea groups is 1. The van der Waals surface area contributed by atoms with E-state index in [0.717, 1.165) is 5.69 Å². The first-order valence-corrected chi connectivity index (χ1v) is 5.28. The number of likely N-dealkylation sites (N-methyl/N-ethyl adjacent to an activating group) is 1. The smallest absolute Gasteiger partial charge is 0.321 e. The van der Waals surface area contributed by atoms with E-state index in [0.29, 0.717) is 18.2 Å². The zero-order chi connectivity index (χ0) is 12.0. The number of hydrogen-bond donors (Lipinski definition) is 1. The van der Waals surface area contributed by atoms with E-state index in [4.69, 9.17) is 16.3 Å². The number of hydrogen-bond acceptors (Lipinski definition) is 2. The molecule has 0 spiro atoms. The number of halogens is 1. The zero-order valence-corrected chi connectivity index (χ0v) is 10.1. The SMILES string of the molecule is COCCN(C)C(=O)Nc1ccc(Cl)cc1. The van der Waals surface area contributed by atoms with Crippen LogP contribution >= 0.6 is 11.6 Å². The highest BCUT2D eigenvalue weighted by Gasteiger charge is 2.07. The number of rotatable bonds is 4. The number of carbonyl (C=O) groups excluding carboxylic acids is 1. The van der Waals surface area contributed by atoms with E-state index in [2.05, 4.69) is 5.32 Å². The second-order valence-corrected chi connectivity index (χ2v) is 3.79. The Kier molecular flexibility index (Phi) is 5.08. The van der Waals surface area contributed by atoms with Crippen LogP contribution in [0.1, 0.15) is 0 Å². The number of ether oxygens (including phenoxy) is 1. The van der Waals surface area contributed by atoms with Crippen LogP contribution in [-0.4, -0.2) is 38.2 Å². The van der Waals surface area contributed by atoms with E-state index < -0.39 is 0 Å². The lowest BCUT2D eigenvalue weighted by atomic mass is 10.3. The van der Waals surface area contributed by atoms with Crippen molar-refractivity contribution in [2.24, 2.45) is 0 Å². The quantitative estimate of drug-likeness (QED) is 0.881. The van der Waals surface area contributed by atoms with E-state index in [1.54, 1.807) is 43.3 Å². The largest absolute Gasteiger partial charge is 0.383 e. The third-order valence-electron chi connectivity index (χ3n) is 2.07. The molecule has 1 aromatic rings. The van der Waals surface area contributed by atoms with Crippen molar-refractivity contribution >= 4 is 23.3 Å². The lowest BCUT2D eigenvalue weighted by Crippen LogP contribution is -2.33. The van der Waals surface area contributed by atoms with Crippen LogP contribution in [0.3, 0.4) is 0 Å². The maximum atomic E-state index is 11.6. The highest BCUT2D eigenvalue weighted by Crippen LogP contribution is 2.13. The minimum absolute atomic E-state index is 0.167. The fourth-order valence-electron chi connectivity index (χ4n) is 1.08. The third-order valence-corrected chi connectivity index (χ3v) is 2.32. The molecule has 4 nitrogen and oxygen atoms in total. The Hall–Kier alpha value is -1.26. The van der Waals surface area contributed by atoms with Gasteiger partial charge in [0.1, 0.15) is 0 Å². The summed E-state index contributed by atoms with van der Waals surface area (Å²) in [5.74, 6) is 0. The highest BCUT2D eigenvalue weighted by atomic mass is 35.5. The van der Waals surface area contributed by atoms with Gasteiger partial charge in [-0.05, 0) is 24.3 Å². The monoisotopic (exact) mass is 242 g/mol. The maximum Gasteiger partial charge on any atom is 0.321 e. The molecule has 0 aliphatic heterocycles. The Morgan fingerprint density at radius 3 is 2.62 bits per heavy atom. The molecule has 1 rings (SSSR count). The molecule has 0 atom stereocenters. The van der Waals surface area contributed by atoms with Gasteiger partial charge >= 0.3 is 6.03 Å². The molecule has 88 valence electrons. The number of methoxy groups -OCH3 is 1. The topological polar surface area (TPSA) is 41.6 Å². The van der Waals surface area contributed by atoms with Crippen molar-refractivity contribution < 1.29 is 9.53 Å². The normalized spacial score (nSPS) is 9.94. The fourth-order valence-corrected chi connectivity index (χ4v) is 1.21. The van der Waals surface area contributed by atoms with Crippen LogP contribution in [0.4, 0.5) is 10.5 Å². The van der Waals surface area contributed by atoms with Crippen LogP contribution in [0.25, 0.3) is 0 Å². The van der Waals surface area contributed by atoms with Gasteiger partial charge in [0, 0.05) is 31.4 Å². The lowest BCUT2D eigenvalue weighted by molar-refractivity contribution is 0.165. The number of nitrogens with one attached hydrogen (secondary N) is 1. The molecular formula is C11H15ClN2O2. The Morgan fingerprint density at radius 2 is 2.06 bits per heavy atom. The summed E-state index contributed by atoms with van der Waals surface area (Å²) < 4.78 is 4.89. The van der Waals surface area contributed by atoms with Gasteiger partial charge < -0.3 is 15.0 Å². The Bertz CT molecular complexity index is 340. The average molecular weight is 243 g/mol. The van der Waals surface area contributed by atoms with Crippen molar-refractivity contribution in [2.45, 2.75) is 0 Å². The maximum absolute atomic E-state index is 11.6. The Balaban J connectivity index is 2.47. The number of anilines is 1. The molecule has 0 radical (unpaired) electrons. The molecule has 2 amide bonds. The minimum Gasteiger partial charge on any atom is -0.383 e. The second kappa shape index (κ2) is 6.35. The van der Waals surface area contributed by atoms with Crippen LogP contribution in [-0.2, 0) is 4.74 Å². The van der Waals surface area contributed by atoms with Crippen molar-refractivity contribution in [3.63, 3.8) is 0 Å². The van der Waals surface area contributed by atoms with Gasteiger partial charge in [0.25, 0.3) is 0 Å². The molecule has 1 aromatic carbocycles. The Morgan fingerprint density at radius 1 is 1.44 bits per heavy atom. The lowest BCUT2D eigenvalue weighted by Gasteiger charge is -2.17. The number of benzene rings is 1. The summed E-state index contributed by atoms with van der Waals surface area (Å²) in [4.78, 5) is 13.2. The molecule has 0 fully saturated rings. The van der Waals surface area contributed by atoms with E-state index in [-0.39, 0.29) is 6.03 Å². The second-order valence-electron chi connectivity index (χ2n) is 3.35. The summed E-state index contributed by atoms with van der Waals surface area (Å²) in [6, 6.07) is 6.80.